The lowest BCUT2D eigenvalue weighted by Crippen LogP contribution is -2.46. The number of rotatable bonds is 3. The predicted molar refractivity (Wildman–Crippen MR) is 61.1 cm³/mol. The van der Waals surface area contributed by atoms with Crippen LogP contribution < -0.4 is 0 Å². The second-order valence-corrected chi connectivity index (χ2v) is 6.38. The summed E-state index contributed by atoms with van der Waals surface area (Å²) in [7, 11) is -2.90. The summed E-state index contributed by atoms with van der Waals surface area (Å²) in [6.07, 6.45) is 1.62. The van der Waals surface area contributed by atoms with Crippen LogP contribution in [0.2, 0.25) is 0 Å². The number of sulfone groups is 1. The molecule has 0 aromatic heterocycles. The van der Waals surface area contributed by atoms with E-state index >= 15 is 0 Å². The zero-order chi connectivity index (χ0) is 12.3. The van der Waals surface area contributed by atoms with Gasteiger partial charge in [-0.05, 0) is 13.8 Å². The third kappa shape index (κ3) is 3.61. The Kier molecular flexibility index (Phi) is 4.09. The highest BCUT2D eigenvalue weighted by Gasteiger charge is 2.27. The molecule has 5 nitrogen and oxygen atoms in total. The maximum absolute atomic E-state index is 11.3. The van der Waals surface area contributed by atoms with Crippen molar-refractivity contribution < 1.29 is 18.3 Å². The van der Waals surface area contributed by atoms with Crippen LogP contribution in [0.15, 0.2) is 11.6 Å². The topological polar surface area (TPSA) is 74.7 Å². The SMILES string of the molecule is C/C(=C/CN1CCS(=O)(=O)CC1C)C(=O)O. The average Bonchev–Trinajstić information content (AvgIpc) is 2.14. The summed E-state index contributed by atoms with van der Waals surface area (Å²) in [5.41, 5.74) is 0.292. The van der Waals surface area contributed by atoms with E-state index in [1.165, 1.54) is 6.92 Å². The van der Waals surface area contributed by atoms with E-state index in [-0.39, 0.29) is 17.5 Å². The van der Waals surface area contributed by atoms with Gasteiger partial charge in [-0.15, -0.1) is 0 Å². The Morgan fingerprint density at radius 3 is 2.69 bits per heavy atom. The molecule has 0 aromatic rings. The van der Waals surface area contributed by atoms with Gasteiger partial charge in [0.2, 0.25) is 0 Å². The molecule has 1 aliphatic rings. The molecule has 1 heterocycles. The third-order valence-electron chi connectivity index (χ3n) is 2.78. The second kappa shape index (κ2) is 4.97. The van der Waals surface area contributed by atoms with Crippen LogP contribution in [0.5, 0.6) is 0 Å². The number of carbonyl (C=O) groups is 1. The first-order valence-electron chi connectivity index (χ1n) is 5.16. The van der Waals surface area contributed by atoms with Gasteiger partial charge in [0.25, 0.3) is 0 Å². The maximum Gasteiger partial charge on any atom is 0.330 e. The number of aliphatic carboxylic acids is 1. The second-order valence-electron chi connectivity index (χ2n) is 4.15. The monoisotopic (exact) mass is 247 g/mol. The molecular formula is C10H17NO4S. The minimum Gasteiger partial charge on any atom is -0.478 e. The minimum absolute atomic E-state index is 0.0448. The molecule has 1 saturated heterocycles. The Morgan fingerprint density at radius 1 is 1.56 bits per heavy atom. The van der Waals surface area contributed by atoms with Gasteiger partial charge in [-0.3, -0.25) is 4.90 Å². The Bertz CT molecular complexity index is 399. The Hall–Kier alpha value is -0.880. The van der Waals surface area contributed by atoms with Gasteiger partial charge >= 0.3 is 5.97 Å². The summed E-state index contributed by atoms with van der Waals surface area (Å²) in [4.78, 5) is 12.6. The molecule has 0 saturated carbocycles. The van der Waals surface area contributed by atoms with Crippen molar-refractivity contribution in [2.24, 2.45) is 0 Å². The molecule has 6 heteroatoms. The quantitative estimate of drug-likeness (QED) is 0.718. The van der Waals surface area contributed by atoms with Crippen molar-refractivity contribution in [2.45, 2.75) is 19.9 Å². The standard InChI is InChI=1S/C10H17NO4S/c1-8(10(12)13)3-4-11-5-6-16(14,15)7-9(11)2/h3,9H,4-7H2,1-2H3,(H,12,13)/b8-3-. The summed E-state index contributed by atoms with van der Waals surface area (Å²) in [6, 6.07) is -0.0448. The van der Waals surface area contributed by atoms with Crippen LogP contribution in [0.25, 0.3) is 0 Å². The van der Waals surface area contributed by atoms with E-state index in [1.807, 2.05) is 11.8 Å². The van der Waals surface area contributed by atoms with E-state index in [2.05, 4.69) is 0 Å². The molecule has 0 bridgehead atoms. The summed E-state index contributed by atoms with van der Waals surface area (Å²) >= 11 is 0. The van der Waals surface area contributed by atoms with Gasteiger partial charge in [-0.1, -0.05) is 6.08 Å². The fourth-order valence-corrected chi connectivity index (χ4v) is 3.27. The molecule has 0 aromatic carbocycles. The molecule has 16 heavy (non-hydrogen) atoms. The molecule has 1 atom stereocenters. The molecule has 0 aliphatic carbocycles. The van der Waals surface area contributed by atoms with Crippen LogP contribution in [0, 0.1) is 0 Å². The van der Waals surface area contributed by atoms with E-state index in [0.29, 0.717) is 18.7 Å². The number of nitrogens with zero attached hydrogens (tertiary/aromatic N) is 1. The van der Waals surface area contributed by atoms with Gasteiger partial charge in [-0.2, -0.15) is 0 Å². The van der Waals surface area contributed by atoms with Crippen LogP contribution >= 0.6 is 0 Å². The van der Waals surface area contributed by atoms with Crippen LogP contribution in [-0.4, -0.2) is 55.0 Å². The summed E-state index contributed by atoms with van der Waals surface area (Å²) in [5, 5.41) is 8.68. The Labute approximate surface area is 95.7 Å². The van der Waals surface area contributed by atoms with E-state index in [4.69, 9.17) is 5.11 Å². The van der Waals surface area contributed by atoms with E-state index in [1.54, 1.807) is 6.08 Å². The number of carboxylic acid groups (broad SMARTS) is 1. The van der Waals surface area contributed by atoms with Crippen molar-refractivity contribution in [1.82, 2.24) is 4.90 Å². The molecule has 1 N–H and O–H groups in total. The van der Waals surface area contributed by atoms with Crippen LogP contribution in [-0.2, 0) is 14.6 Å². The van der Waals surface area contributed by atoms with E-state index in [0.717, 1.165) is 0 Å². The summed E-state index contributed by atoms with van der Waals surface area (Å²) in [5.74, 6) is -0.609. The predicted octanol–water partition coefficient (Wildman–Crippen LogP) is 0.136. The first-order chi connectivity index (χ1) is 7.32. The molecule has 1 aliphatic heterocycles. The largest absolute Gasteiger partial charge is 0.478 e. The van der Waals surface area contributed by atoms with Crippen LogP contribution in [0.3, 0.4) is 0 Å². The third-order valence-corrected chi connectivity index (χ3v) is 4.57. The highest BCUT2D eigenvalue weighted by molar-refractivity contribution is 7.91. The minimum atomic E-state index is -2.90. The number of hydrogen-bond acceptors (Lipinski definition) is 4. The lowest BCUT2D eigenvalue weighted by atomic mass is 10.2. The molecule has 0 radical (unpaired) electrons. The molecule has 0 spiro atoms. The Morgan fingerprint density at radius 2 is 2.19 bits per heavy atom. The van der Waals surface area contributed by atoms with Crippen molar-refractivity contribution in [3.63, 3.8) is 0 Å². The first-order valence-corrected chi connectivity index (χ1v) is 6.98. The maximum atomic E-state index is 11.3. The zero-order valence-electron chi connectivity index (χ0n) is 9.51. The Balaban J connectivity index is 2.58. The van der Waals surface area contributed by atoms with Gasteiger partial charge in [-0.25, -0.2) is 13.2 Å². The normalized spacial score (nSPS) is 26.6. The van der Waals surface area contributed by atoms with E-state index in [9.17, 15) is 13.2 Å². The number of hydrogen-bond donors (Lipinski definition) is 1. The molecule has 0 amide bonds. The van der Waals surface area contributed by atoms with Crippen molar-refractivity contribution in [1.29, 1.82) is 0 Å². The smallest absolute Gasteiger partial charge is 0.330 e. The van der Waals surface area contributed by atoms with Gasteiger partial charge in [0, 0.05) is 24.7 Å². The lowest BCUT2D eigenvalue weighted by molar-refractivity contribution is -0.132. The van der Waals surface area contributed by atoms with Crippen LogP contribution in [0.4, 0.5) is 0 Å². The van der Waals surface area contributed by atoms with Crippen LogP contribution in [0.1, 0.15) is 13.8 Å². The first kappa shape index (κ1) is 13.2. The molecular weight excluding hydrogens is 230 g/mol. The highest BCUT2D eigenvalue weighted by Crippen LogP contribution is 2.11. The molecule has 1 fully saturated rings. The summed E-state index contributed by atoms with van der Waals surface area (Å²) in [6.45, 7) is 4.36. The molecule has 92 valence electrons. The lowest BCUT2D eigenvalue weighted by Gasteiger charge is -2.32. The van der Waals surface area contributed by atoms with Gasteiger partial charge in [0.05, 0.1) is 11.5 Å². The fourth-order valence-electron chi connectivity index (χ4n) is 1.65. The van der Waals surface area contributed by atoms with Gasteiger partial charge in [0.15, 0.2) is 9.84 Å². The molecule has 1 unspecified atom stereocenters. The molecule has 1 rings (SSSR count). The average molecular weight is 247 g/mol. The number of carboxylic acids is 1. The van der Waals surface area contributed by atoms with Gasteiger partial charge < -0.3 is 5.11 Å². The van der Waals surface area contributed by atoms with Gasteiger partial charge in [0.1, 0.15) is 0 Å². The highest BCUT2D eigenvalue weighted by atomic mass is 32.2. The van der Waals surface area contributed by atoms with Crippen molar-refractivity contribution in [3.05, 3.63) is 11.6 Å². The zero-order valence-corrected chi connectivity index (χ0v) is 10.3. The van der Waals surface area contributed by atoms with E-state index < -0.39 is 15.8 Å². The van der Waals surface area contributed by atoms with Crippen molar-refractivity contribution >= 4 is 15.8 Å². The summed E-state index contributed by atoms with van der Waals surface area (Å²) < 4.78 is 22.6. The fraction of sp³-hybridized carbons (Fsp3) is 0.700. The van der Waals surface area contributed by atoms with Crippen molar-refractivity contribution in [3.8, 4) is 0 Å². The van der Waals surface area contributed by atoms with Crippen molar-refractivity contribution in [2.75, 3.05) is 24.6 Å².